The molecular weight excluding hydrogens is 222 g/mol. The summed E-state index contributed by atoms with van der Waals surface area (Å²) in [5, 5.41) is 0. The van der Waals surface area contributed by atoms with Crippen LogP contribution in [0.3, 0.4) is 0 Å². The third-order valence-electron chi connectivity index (χ3n) is 2.51. The molecule has 1 aliphatic rings. The molecule has 0 fully saturated rings. The highest BCUT2D eigenvalue weighted by Gasteiger charge is 2.19. The quantitative estimate of drug-likeness (QED) is 0.777. The zero-order valence-corrected chi connectivity index (χ0v) is 9.64. The zero-order chi connectivity index (χ0) is 12.3. The minimum absolute atomic E-state index is 0.163. The van der Waals surface area contributed by atoms with Crippen LogP contribution in [0.4, 0.5) is 0 Å². The number of Topliss-reactive ketones (excluding diaryl/α,β-unsaturated/α-hetero) is 1. The number of carbonyl (C=O) groups is 1. The lowest BCUT2D eigenvalue weighted by Gasteiger charge is -2.19. The van der Waals surface area contributed by atoms with Crippen LogP contribution >= 0.6 is 0 Å². The molecule has 0 radical (unpaired) electrons. The average Bonchev–Trinajstić information content (AvgIpc) is 2.37. The van der Waals surface area contributed by atoms with E-state index in [4.69, 9.17) is 19.9 Å². The van der Waals surface area contributed by atoms with Crippen molar-refractivity contribution >= 4 is 5.78 Å². The summed E-state index contributed by atoms with van der Waals surface area (Å²) in [7, 11) is 1.51. The molecule has 1 aliphatic heterocycles. The highest BCUT2D eigenvalue weighted by molar-refractivity contribution is 6.00. The maximum atomic E-state index is 11.9. The van der Waals surface area contributed by atoms with Crippen LogP contribution in [0.15, 0.2) is 18.2 Å². The van der Waals surface area contributed by atoms with Crippen LogP contribution in [0.5, 0.6) is 11.5 Å². The molecule has 1 aromatic rings. The van der Waals surface area contributed by atoms with Crippen molar-refractivity contribution in [3.63, 3.8) is 0 Å². The fourth-order valence-corrected chi connectivity index (χ4v) is 1.67. The van der Waals surface area contributed by atoms with Crippen molar-refractivity contribution in [2.24, 2.45) is 5.73 Å². The largest absolute Gasteiger partial charge is 0.486 e. The van der Waals surface area contributed by atoms with Crippen LogP contribution in [-0.2, 0) is 4.74 Å². The van der Waals surface area contributed by atoms with Crippen molar-refractivity contribution in [2.75, 3.05) is 26.9 Å². The summed E-state index contributed by atoms with van der Waals surface area (Å²) in [5.41, 5.74) is 6.20. The van der Waals surface area contributed by atoms with Crippen molar-refractivity contribution in [3.05, 3.63) is 23.8 Å². The molecule has 2 N–H and O–H groups in total. The van der Waals surface area contributed by atoms with Gasteiger partial charge in [0, 0.05) is 12.7 Å². The summed E-state index contributed by atoms with van der Waals surface area (Å²) < 4.78 is 15.6. The minimum Gasteiger partial charge on any atom is -0.486 e. The van der Waals surface area contributed by atoms with Gasteiger partial charge in [-0.1, -0.05) is 0 Å². The van der Waals surface area contributed by atoms with Crippen LogP contribution in [0.1, 0.15) is 10.4 Å². The Balaban J connectivity index is 2.19. The molecule has 0 saturated heterocycles. The number of benzene rings is 1. The Hall–Kier alpha value is -1.59. The van der Waals surface area contributed by atoms with E-state index in [-0.39, 0.29) is 12.4 Å². The molecule has 0 aliphatic carbocycles. The van der Waals surface area contributed by atoms with E-state index in [0.717, 1.165) is 0 Å². The first-order valence-corrected chi connectivity index (χ1v) is 5.40. The lowest BCUT2D eigenvalue weighted by molar-refractivity contribution is 0.0891. The van der Waals surface area contributed by atoms with E-state index >= 15 is 0 Å². The molecule has 92 valence electrons. The number of carbonyl (C=O) groups excluding carboxylic acids is 1. The van der Waals surface area contributed by atoms with Crippen LogP contribution in [0.25, 0.3) is 0 Å². The standard InChI is InChI=1S/C12H15NO4/c1-15-7-9(13)12(14)8-2-3-10-11(6-8)17-5-4-16-10/h2-3,6,9H,4-5,7,13H2,1H3. The number of ketones is 1. The second-order valence-electron chi connectivity index (χ2n) is 3.78. The van der Waals surface area contributed by atoms with Crippen molar-refractivity contribution in [1.82, 2.24) is 0 Å². The Bertz CT molecular complexity index is 419. The third-order valence-corrected chi connectivity index (χ3v) is 2.51. The van der Waals surface area contributed by atoms with Crippen LogP contribution in [0.2, 0.25) is 0 Å². The summed E-state index contributed by atoms with van der Waals surface area (Å²) in [6, 6.07) is 4.42. The molecule has 0 saturated carbocycles. The van der Waals surface area contributed by atoms with Gasteiger partial charge in [0.25, 0.3) is 0 Å². The van der Waals surface area contributed by atoms with Gasteiger partial charge in [-0.25, -0.2) is 0 Å². The molecule has 0 aromatic heterocycles. The smallest absolute Gasteiger partial charge is 0.182 e. The normalized spacial score (nSPS) is 15.4. The summed E-state index contributed by atoms with van der Waals surface area (Å²) >= 11 is 0. The molecule has 1 heterocycles. The molecule has 1 unspecified atom stereocenters. The van der Waals surface area contributed by atoms with Gasteiger partial charge in [-0.05, 0) is 18.2 Å². The van der Waals surface area contributed by atoms with Crippen LogP contribution < -0.4 is 15.2 Å². The van der Waals surface area contributed by atoms with Gasteiger partial charge in [0.2, 0.25) is 0 Å². The molecule has 17 heavy (non-hydrogen) atoms. The van der Waals surface area contributed by atoms with Gasteiger partial charge >= 0.3 is 0 Å². The summed E-state index contributed by atoms with van der Waals surface area (Å²) in [5.74, 6) is 1.09. The predicted molar refractivity (Wildman–Crippen MR) is 61.6 cm³/mol. The number of rotatable bonds is 4. The third kappa shape index (κ3) is 2.57. The van der Waals surface area contributed by atoms with E-state index in [1.807, 2.05) is 0 Å². The molecule has 0 bridgehead atoms. The summed E-state index contributed by atoms with van der Waals surface area (Å²) in [4.78, 5) is 11.9. The molecule has 1 aromatic carbocycles. The molecule has 5 heteroatoms. The highest BCUT2D eigenvalue weighted by atomic mass is 16.6. The van der Waals surface area contributed by atoms with Crippen LogP contribution in [-0.4, -0.2) is 38.8 Å². The summed E-state index contributed by atoms with van der Waals surface area (Å²) in [6.07, 6.45) is 0. The van der Waals surface area contributed by atoms with Gasteiger partial charge in [0.1, 0.15) is 13.2 Å². The van der Waals surface area contributed by atoms with E-state index in [9.17, 15) is 4.79 Å². The van der Waals surface area contributed by atoms with Gasteiger partial charge in [0.15, 0.2) is 17.3 Å². The monoisotopic (exact) mass is 237 g/mol. The van der Waals surface area contributed by atoms with Crippen molar-refractivity contribution in [2.45, 2.75) is 6.04 Å². The molecule has 5 nitrogen and oxygen atoms in total. The Kier molecular flexibility index (Phi) is 3.61. The lowest BCUT2D eigenvalue weighted by atomic mass is 10.0. The number of fused-ring (bicyclic) bond motifs is 1. The first-order valence-electron chi connectivity index (χ1n) is 5.40. The van der Waals surface area contributed by atoms with E-state index in [2.05, 4.69) is 0 Å². The van der Waals surface area contributed by atoms with Gasteiger partial charge in [0.05, 0.1) is 12.6 Å². The Labute approximate surface area is 99.5 Å². The number of hydrogen-bond donors (Lipinski definition) is 1. The first-order chi connectivity index (χ1) is 8.22. The predicted octanol–water partition coefficient (Wildman–Crippen LogP) is 0.614. The highest BCUT2D eigenvalue weighted by Crippen LogP contribution is 2.30. The Morgan fingerprint density at radius 3 is 2.82 bits per heavy atom. The summed E-state index contributed by atoms with van der Waals surface area (Å²) in [6.45, 7) is 1.23. The topological polar surface area (TPSA) is 70.8 Å². The van der Waals surface area contributed by atoms with E-state index in [1.165, 1.54) is 7.11 Å². The van der Waals surface area contributed by atoms with Crippen molar-refractivity contribution < 1.29 is 19.0 Å². The maximum Gasteiger partial charge on any atom is 0.182 e. The fraction of sp³-hybridized carbons (Fsp3) is 0.417. The number of hydrogen-bond acceptors (Lipinski definition) is 5. The molecule has 1 atom stereocenters. The lowest BCUT2D eigenvalue weighted by Crippen LogP contribution is -2.34. The van der Waals surface area contributed by atoms with Gasteiger partial charge in [-0.2, -0.15) is 0 Å². The first kappa shape index (κ1) is 11.9. The van der Waals surface area contributed by atoms with Crippen molar-refractivity contribution in [1.29, 1.82) is 0 Å². The van der Waals surface area contributed by atoms with Gasteiger partial charge < -0.3 is 19.9 Å². The fourth-order valence-electron chi connectivity index (χ4n) is 1.67. The Morgan fingerprint density at radius 2 is 2.12 bits per heavy atom. The average molecular weight is 237 g/mol. The Morgan fingerprint density at radius 1 is 1.41 bits per heavy atom. The molecule has 2 rings (SSSR count). The second-order valence-corrected chi connectivity index (χ2v) is 3.78. The SMILES string of the molecule is COCC(N)C(=O)c1ccc2c(c1)OCCO2. The van der Waals surface area contributed by atoms with Crippen LogP contribution in [0, 0.1) is 0 Å². The molecular formula is C12H15NO4. The number of nitrogens with two attached hydrogens (primary N) is 1. The van der Waals surface area contributed by atoms with E-state index in [1.54, 1.807) is 18.2 Å². The second kappa shape index (κ2) is 5.16. The number of methoxy groups -OCH3 is 1. The van der Waals surface area contributed by atoms with Gasteiger partial charge in [-0.3, -0.25) is 4.79 Å². The minimum atomic E-state index is -0.650. The number of ether oxygens (including phenoxy) is 3. The van der Waals surface area contributed by atoms with E-state index in [0.29, 0.717) is 30.3 Å². The van der Waals surface area contributed by atoms with E-state index < -0.39 is 6.04 Å². The molecule has 0 amide bonds. The van der Waals surface area contributed by atoms with Gasteiger partial charge in [-0.15, -0.1) is 0 Å². The van der Waals surface area contributed by atoms with Crippen molar-refractivity contribution in [3.8, 4) is 11.5 Å². The zero-order valence-electron chi connectivity index (χ0n) is 9.64. The molecule has 0 spiro atoms. The maximum absolute atomic E-state index is 11.9.